The van der Waals surface area contributed by atoms with Crippen molar-refractivity contribution in [2.45, 2.75) is 57.9 Å². The van der Waals surface area contributed by atoms with Crippen molar-refractivity contribution in [3.05, 3.63) is 71.3 Å². The minimum atomic E-state index is 0.0150. The Morgan fingerprint density at radius 2 is 1.68 bits per heavy atom. The normalized spacial score (nSPS) is 15.9. The van der Waals surface area contributed by atoms with E-state index in [-0.39, 0.29) is 11.9 Å². The molecule has 1 N–H and O–H groups in total. The van der Waals surface area contributed by atoms with Gasteiger partial charge < -0.3 is 10.2 Å². The van der Waals surface area contributed by atoms with Crippen LogP contribution in [0.4, 0.5) is 0 Å². The number of unbranched alkanes of at least 4 members (excludes halogenated alkanes) is 1. The molecule has 1 amide bonds. The molecule has 3 rings (SSSR count). The van der Waals surface area contributed by atoms with Gasteiger partial charge in [0, 0.05) is 5.56 Å². The first-order chi connectivity index (χ1) is 13.8. The summed E-state index contributed by atoms with van der Waals surface area (Å²) in [6, 6.07) is 18.3. The van der Waals surface area contributed by atoms with Crippen LogP contribution in [-0.4, -0.2) is 30.4 Å². The molecule has 1 fully saturated rings. The van der Waals surface area contributed by atoms with Gasteiger partial charge in [0.25, 0.3) is 5.91 Å². The summed E-state index contributed by atoms with van der Waals surface area (Å²) in [5.41, 5.74) is 3.27. The highest BCUT2D eigenvalue weighted by Crippen LogP contribution is 2.22. The predicted octanol–water partition coefficient (Wildman–Crippen LogP) is 5.38. The Morgan fingerprint density at radius 1 is 0.964 bits per heavy atom. The molecule has 28 heavy (non-hydrogen) atoms. The molecule has 3 heteroatoms. The van der Waals surface area contributed by atoms with Crippen molar-refractivity contribution >= 4 is 5.91 Å². The maximum absolute atomic E-state index is 12.7. The fourth-order valence-corrected chi connectivity index (χ4v) is 4.01. The van der Waals surface area contributed by atoms with Crippen LogP contribution in [0.1, 0.15) is 73.0 Å². The zero-order chi connectivity index (χ0) is 19.6. The van der Waals surface area contributed by atoms with Crippen molar-refractivity contribution in [2.75, 3.05) is 19.6 Å². The van der Waals surface area contributed by atoms with Crippen molar-refractivity contribution in [3.63, 3.8) is 0 Å². The SMILES string of the molecule is CCc1ccc(C(CCCCN2CCCCC2)NC(=O)c2ccccc2)cc1. The Kier molecular flexibility index (Phi) is 8.10. The van der Waals surface area contributed by atoms with E-state index in [1.54, 1.807) is 0 Å². The minimum Gasteiger partial charge on any atom is -0.345 e. The summed E-state index contributed by atoms with van der Waals surface area (Å²) in [5.74, 6) is 0.0150. The van der Waals surface area contributed by atoms with Crippen LogP contribution in [0, 0.1) is 0 Å². The fourth-order valence-electron chi connectivity index (χ4n) is 4.01. The van der Waals surface area contributed by atoms with Crippen molar-refractivity contribution in [3.8, 4) is 0 Å². The second kappa shape index (κ2) is 11.0. The molecule has 2 aromatic carbocycles. The van der Waals surface area contributed by atoms with E-state index >= 15 is 0 Å². The maximum Gasteiger partial charge on any atom is 0.251 e. The van der Waals surface area contributed by atoms with Crippen molar-refractivity contribution in [1.82, 2.24) is 10.2 Å². The zero-order valence-electron chi connectivity index (χ0n) is 17.2. The molecule has 1 unspecified atom stereocenters. The fraction of sp³-hybridized carbons (Fsp3) is 0.480. The molecule has 1 heterocycles. The third-order valence-electron chi connectivity index (χ3n) is 5.80. The number of amides is 1. The van der Waals surface area contributed by atoms with Crippen LogP contribution >= 0.6 is 0 Å². The number of nitrogens with zero attached hydrogens (tertiary/aromatic N) is 1. The van der Waals surface area contributed by atoms with Crippen LogP contribution < -0.4 is 5.32 Å². The standard InChI is InChI=1S/C25H34N2O/c1-2-21-14-16-22(17-15-21)24(26-25(28)23-11-5-3-6-12-23)13-7-10-20-27-18-8-4-9-19-27/h3,5-6,11-12,14-17,24H,2,4,7-10,13,18-20H2,1H3,(H,26,28). The second-order valence-electron chi connectivity index (χ2n) is 7.89. The topological polar surface area (TPSA) is 32.3 Å². The number of likely N-dealkylation sites (tertiary alicyclic amines) is 1. The Morgan fingerprint density at radius 3 is 2.36 bits per heavy atom. The lowest BCUT2D eigenvalue weighted by molar-refractivity contribution is 0.0933. The van der Waals surface area contributed by atoms with Crippen LogP contribution in [0.2, 0.25) is 0 Å². The molecule has 1 aliphatic heterocycles. The molecule has 1 atom stereocenters. The lowest BCUT2D eigenvalue weighted by Crippen LogP contribution is -2.31. The van der Waals surface area contributed by atoms with E-state index in [9.17, 15) is 4.79 Å². The van der Waals surface area contributed by atoms with Gasteiger partial charge in [0.1, 0.15) is 0 Å². The van der Waals surface area contributed by atoms with Crippen LogP contribution in [0.15, 0.2) is 54.6 Å². The molecule has 0 radical (unpaired) electrons. The molecule has 3 nitrogen and oxygen atoms in total. The molecule has 150 valence electrons. The van der Waals surface area contributed by atoms with Gasteiger partial charge in [0.05, 0.1) is 6.04 Å². The van der Waals surface area contributed by atoms with E-state index in [1.165, 1.54) is 56.4 Å². The van der Waals surface area contributed by atoms with Gasteiger partial charge in [-0.2, -0.15) is 0 Å². The van der Waals surface area contributed by atoms with Gasteiger partial charge in [0.2, 0.25) is 0 Å². The summed E-state index contributed by atoms with van der Waals surface area (Å²) in [5, 5.41) is 3.27. The second-order valence-corrected chi connectivity index (χ2v) is 7.89. The molecule has 1 aliphatic rings. The molecular formula is C25H34N2O. The van der Waals surface area contributed by atoms with E-state index in [0.717, 1.165) is 24.8 Å². The number of nitrogens with one attached hydrogen (secondary N) is 1. The first-order valence-corrected chi connectivity index (χ1v) is 10.9. The highest BCUT2D eigenvalue weighted by atomic mass is 16.1. The number of carbonyl (C=O) groups is 1. The summed E-state index contributed by atoms with van der Waals surface area (Å²) in [6.45, 7) is 5.87. The Bertz CT molecular complexity index is 705. The number of carbonyl (C=O) groups excluding carboxylic acids is 1. The van der Waals surface area contributed by atoms with Crippen LogP contribution in [0.5, 0.6) is 0 Å². The van der Waals surface area contributed by atoms with Gasteiger partial charge in [-0.25, -0.2) is 0 Å². The number of benzene rings is 2. The van der Waals surface area contributed by atoms with Gasteiger partial charge in [-0.1, -0.05) is 55.8 Å². The average Bonchev–Trinajstić information content (AvgIpc) is 2.77. The lowest BCUT2D eigenvalue weighted by Gasteiger charge is -2.26. The average molecular weight is 379 g/mol. The van der Waals surface area contributed by atoms with Crippen LogP contribution in [0.25, 0.3) is 0 Å². The summed E-state index contributed by atoms with van der Waals surface area (Å²) in [7, 11) is 0. The van der Waals surface area contributed by atoms with Crippen LogP contribution in [-0.2, 0) is 6.42 Å². The van der Waals surface area contributed by atoms with Crippen molar-refractivity contribution < 1.29 is 4.79 Å². The Labute approximate surface area is 170 Å². The third kappa shape index (κ3) is 6.20. The quantitative estimate of drug-likeness (QED) is 0.595. The molecular weight excluding hydrogens is 344 g/mol. The van der Waals surface area contributed by atoms with Gasteiger partial charge in [-0.05, 0) is 81.4 Å². The van der Waals surface area contributed by atoms with Gasteiger partial charge in [0.15, 0.2) is 0 Å². The third-order valence-corrected chi connectivity index (χ3v) is 5.80. The summed E-state index contributed by atoms with van der Waals surface area (Å²) >= 11 is 0. The van der Waals surface area contributed by atoms with E-state index in [2.05, 4.69) is 41.4 Å². The first kappa shape index (κ1) is 20.6. The molecule has 0 bridgehead atoms. The summed E-state index contributed by atoms with van der Waals surface area (Å²) < 4.78 is 0. The minimum absolute atomic E-state index is 0.0150. The number of rotatable bonds is 9. The van der Waals surface area contributed by atoms with Gasteiger partial charge >= 0.3 is 0 Å². The zero-order valence-corrected chi connectivity index (χ0v) is 17.2. The number of aryl methyl sites for hydroxylation is 1. The maximum atomic E-state index is 12.7. The van der Waals surface area contributed by atoms with E-state index in [1.807, 2.05) is 30.3 Å². The molecule has 0 aliphatic carbocycles. The number of piperidine rings is 1. The van der Waals surface area contributed by atoms with Gasteiger partial charge in [-0.15, -0.1) is 0 Å². The molecule has 0 aromatic heterocycles. The first-order valence-electron chi connectivity index (χ1n) is 10.9. The van der Waals surface area contributed by atoms with E-state index in [4.69, 9.17) is 0 Å². The Hall–Kier alpha value is -2.13. The highest BCUT2D eigenvalue weighted by Gasteiger charge is 2.16. The predicted molar refractivity (Wildman–Crippen MR) is 117 cm³/mol. The summed E-state index contributed by atoms with van der Waals surface area (Å²) in [6.07, 6.45) is 8.43. The van der Waals surface area contributed by atoms with Crippen molar-refractivity contribution in [2.24, 2.45) is 0 Å². The largest absolute Gasteiger partial charge is 0.345 e. The van der Waals surface area contributed by atoms with E-state index in [0.29, 0.717) is 0 Å². The Balaban J connectivity index is 1.59. The van der Waals surface area contributed by atoms with Crippen LogP contribution in [0.3, 0.4) is 0 Å². The summed E-state index contributed by atoms with van der Waals surface area (Å²) in [4.78, 5) is 15.3. The molecule has 1 saturated heterocycles. The highest BCUT2D eigenvalue weighted by molar-refractivity contribution is 5.94. The lowest BCUT2D eigenvalue weighted by atomic mass is 9.98. The van der Waals surface area contributed by atoms with Crippen molar-refractivity contribution in [1.29, 1.82) is 0 Å². The monoisotopic (exact) mass is 378 g/mol. The smallest absolute Gasteiger partial charge is 0.251 e. The van der Waals surface area contributed by atoms with Gasteiger partial charge in [-0.3, -0.25) is 4.79 Å². The number of hydrogen-bond donors (Lipinski definition) is 1. The molecule has 0 spiro atoms. The molecule has 2 aromatic rings. The van der Waals surface area contributed by atoms with E-state index < -0.39 is 0 Å². The number of hydrogen-bond acceptors (Lipinski definition) is 2. The molecule has 0 saturated carbocycles.